The molecule has 6 nitrogen and oxygen atoms in total. The van der Waals surface area contributed by atoms with Crippen LogP contribution in [0.1, 0.15) is 0 Å². The first-order chi connectivity index (χ1) is 6.63. The van der Waals surface area contributed by atoms with Crippen molar-refractivity contribution in [2.45, 2.75) is 0 Å². The summed E-state index contributed by atoms with van der Waals surface area (Å²) in [6.07, 6.45) is 0. The number of nitrogens with one attached hydrogen (secondary N) is 2. The number of nitrogens with two attached hydrogens (primary N) is 2. The third-order valence-corrected chi connectivity index (χ3v) is 3.46. The van der Waals surface area contributed by atoms with Crippen LogP contribution in [0.25, 0.3) is 0 Å². The summed E-state index contributed by atoms with van der Waals surface area (Å²) in [5, 5.41) is 4.94. The molecule has 0 radical (unpaired) electrons. The quantitative estimate of drug-likeness (QED) is 0.360. The minimum atomic E-state index is -0.508. The summed E-state index contributed by atoms with van der Waals surface area (Å²) in [5.74, 6) is 1.56. The van der Waals surface area contributed by atoms with Gasteiger partial charge in [-0.1, -0.05) is 21.6 Å². The van der Waals surface area contributed by atoms with Gasteiger partial charge in [-0.15, -0.1) is 0 Å². The molecule has 0 aliphatic rings. The molecule has 0 spiro atoms. The molecule has 0 fully saturated rings. The van der Waals surface area contributed by atoms with Crippen LogP contribution in [0.5, 0.6) is 0 Å². The van der Waals surface area contributed by atoms with Gasteiger partial charge in [-0.05, 0) is 0 Å². The van der Waals surface area contributed by atoms with Gasteiger partial charge in [0.2, 0.25) is 0 Å². The summed E-state index contributed by atoms with van der Waals surface area (Å²) in [6.45, 7) is 1.10. The number of rotatable bonds is 7. The molecule has 14 heavy (non-hydrogen) atoms. The summed E-state index contributed by atoms with van der Waals surface area (Å²) in [5.41, 5.74) is 9.72. The molecule has 4 amide bonds. The highest BCUT2D eigenvalue weighted by atomic mass is 33.1. The van der Waals surface area contributed by atoms with Crippen molar-refractivity contribution in [1.82, 2.24) is 10.6 Å². The molecule has 0 heterocycles. The molecule has 8 heteroatoms. The van der Waals surface area contributed by atoms with Crippen molar-refractivity contribution >= 4 is 33.7 Å². The van der Waals surface area contributed by atoms with Crippen molar-refractivity contribution in [2.75, 3.05) is 24.6 Å². The largest absolute Gasteiger partial charge is 0.352 e. The van der Waals surface area contributed by atoms with Gasteiger partial charge in [-0.2, -0.15) is 0 Å². The molecule has 0 aliphatic heterocycles. The van der Waals surface area contributed by atoms with E-state index < -0.39 is 12.1 Å². The third kappa shape index (κ3) is 11.2. The zero-order valence-corrected chi connectivity index (χ0v) is 9.25. The lowest BCUT2D eigenvalue weighted by Crippen LogP contribution is -2.31. The van der Waals surface area contributed by atoms with Crippen molar-refractivity contribution in [3.05, 3.63) is 0 Å². The molecule has 0 aromatic rings. The molecular weight excluding hydrogens is 224 g/mol. The lowest BCUT2D eigenvalue weighted by atomic mass is 10.7. The standard InChI is InChI=1S/C6H14N4O2S2/c7-5(11)9-1-3-13-14-4-2-10-6(8)12/h1-4H2,(H3,7,9,11)(H3,8,10,12). The average Bonchev–Trinajstić information content (AvgIpc) is 2.08. The second-order valence-corrected chi connectivity index (χ2v) is 4.93. The number of primary amides is 2. The molecule has 0 atom stereocenters. The molecule has 6 N–H and O–H groups in total. The maximum atomic E-state index is 10.2. The Morgan fingerprint density at radius 2 is 1.29 bits per heavy atom. The number of amides is 4. The van der Waals surface area contributed by atoms with E-state index in [9.17, 15) is 9.59 Å². The van der Waals surface area contributed by atoms with E-state index in [0.29, 0.717) is 13.1 Å². The molecule has 0 rings (SSSR count). The normalized spacial score (nSPS) is 9.43. The van der Waals surface area contributed by atoms with Gasteiger partial charge in [0.05, 0.1) is 0 Å². The summed E-state index contributed by atoms with van der Waals surface area (Å²) >= 11 is 0. The maximum Gasteiger partial charge on any atom is 0.312 e. The first-order valence-electron chi connectivity index (χ1n) is 3.94. The first-order valence-corrected chi connectivity index (χ1v) is 6.42. The van der Waals surface area contributed by atoms with E-state index in [1.165, 1.54) is 0 Å². The highest BCUT2D eigenvalue weighted by Gasteiger charge is 1.94. The van der Waals surface area contributed by atoms with E-state index in [2.05, 4.69) is 10.6 Å². The van der Waals surface area contributed by atoms with Gasteiger partial charge in [0.15, 0.2) is 0 Å². The highest BCUT2D eigenvalue weighted by molar-refractivity contribution is 8.76. The maximum absolute atomic E-state index is 10.2. The fourth-order valence-corrected chi connectivity index (χ4v) is 2.36. The predicted molar refractivity (Wildman–Crippen MR) is 60.1 cm³/mol. The van der Waals surface area contributed by atoms with Crippen LogP contribution in [0, 0.1) is 0 Å². The second-order valence-electron chi connectivity index (χ2n) is 2.23. The molecule has 0 saturated heterocycles. The van der Waals surface area contributed by atoms with Crippen LogP contribution in [-0.4, -0.2) is 36.7 Å². The van der Waals surface area contributed by atoms with E-state index in [0.717, 1.165) is 11.5 Å². The van der Waals surface area contributed by atoms with E-state index >= 15 is 0 Å². The average molecular weight is 238 g/mol. The Balaban J connectivity index is 2.99. The molecule has 0 saturated carbocycles. The molecule has 82 valence electrons. The van der Waals surface area contributed by atoms with Crippen molar-refractivity contribution in [2.24, 2.45) is 11.5 Å². The molecule has 0 bridgehead atoms. The van der Waals surface area contributed by atoms with Gasteiger partial charge in [0, 0.05) is 24.6 Å². The Morgan fingerprint density at radius 3 is 1.57 bits per heavy atom. The van der Waals surface area contributed by atoms with Crippen LogP contribution in [0.3, 0.4) is 0 Å². The SMILES string of the molecule is NC(=O)NCCSSCCNC(N)=O. The summed E-state index contributed by atoms with van der Waals surface area (Å²) < 4.78 is 0. The lowest BCUT2D eigenvalue weighted by molar-refractivity contribution is 0.248. The molecule has 0 aliphatic carbocycles. The topological polar surface area (TPSA) is 110 Å². The summed E-state index contributed by atoms with van der Waals surface area (Å²) in [6, 6.07) is -1.02. The number of carbonyl (C=O) groups excluding carboxylic acids is 2. The van der Waals surface area contributed by atoms with Gasteiger partial charge < -0.3 is 22.1 Å². The lowest BCUT2D eigenvalue weighted by Gasteiger charge is -2.02. The van der Waals surface area contributed by atoms with Gasteiger partial charge >= 0.3 is 12.1 Å². The van der Waals surface area contributed by atoms with Crippen LogP contribution in [0.4, 0.5) is 9.59 Å². The van der Waals surface area contributed by atoms with Crippen molar-refractivity contribution in [3.63, 3.8) is 0 Å². The van der Waals surface area contributed by atoms with E-state index in [-0.39, 0.29) is 0 Å². The predicted octanol–water partition coefficient (Wildman–Crippen LogP) is -0.296. The zero-order valence-electron chi connectivity index (χ0n) is 7.62. The second kappa shape index (κ2) is 8.82. The Morgan fingerprint density at radius 1 is 0.929 bits per heavy atom. The van der Waals surface area contributed by atoms with Crippen LogP contribution >= 0.6 is 21.6 Å². The van der Waals surface area contributed by atoms with Crippen molar-refractivity contribution in [1.29, 1.82) is 0 Å². The number of carbonyl (C=O) groups is 2. The Hall–Kier alpha value is -0.760. The van der Waals surface area contributed by atoms with Gasteiger partial charge in [0.1, 0.15) is 0 Å². The van der Waals surface area contributed by atoms with Crippen molar-refractivity contribution in [3.8, 4) is 0 Å². The minimum Gasteiger partial charge on any atom is -0.352 e. The van der Waals surface area contributed by atoms with Crippen LogP contribution in [0.15, 0.2) is 0 Å². The molecule has 0 aromatic heterocycles. The Bertz CT molecular complexity index is 171. The highest BCUT2D eigenvalue weighted by Crippen LogP contribution is 2.18. The van der Waals surface area contributed by atoms with Crippen LogP contribution in [-0.2, 0) is 0 Å². The summed E-state index contributed by atoms with van der Waals surface area (Å²) in [7, 11) is 3.20. The van der Waals surface area contributed by atoms with Crippen LogP contribution < -0.4 is 22.1 Å². The third-order valence-electron chi connectivity index (χ3n) is 1.05. The molecule has 0 unspecified atom stereocenters. The Kier molecular flexibility index (Phi) is 8.34. The van der Waals surface area contributed by atoms with Crippen LogP contribution in [0.2, 0.25) is 0 Å². The van der Waals surface area contributed by atoms with Gasteiger partial charge in [-0.25, -0.2) is 9.59 Å². The monoisotopic (exact) mass is 238 g/mol. The van der Waals surface area contributed by atoms with E-state index in [4.69, 9.17) is 11.5 Å². The summed E-state index contributed by atoms with van der Waals surface area (Å²) in [4.78, 5) is 20.5. The first kappa shape index (κ1) is 13.2. The van der Waals surface area contributed by atoms with Gasteiger partial charge in [-0.3, -0.25) is 0 Å². The zero-order chi connectivity index (χ0) is 10.8. The van der Waals surface area contributed by atoms with E-state index in [1.54, 1.807) is 21.6 Å². The number of hydrogen-bond acceptors (Lipinski definition) is 4. The smallest absolute Gasteiger partial charge is 0.312 e. The minimum absolute atomic E-state index is 0.508. The van der Waals surface area contributed by atoms with Crippen molar-refractivity contribution < 1.29 is 9.59 Å². The fourth-order valence-electron chi connectivity index (χ4n) is 0.550. The Labute approximate surface area is 90.3 Å². The van der Waals surface area contributed by atoms with Gasteiger partial charge in [0.25, 0.3) is 0 Å². The molecule has 0 aromatic carbocycles. The number of hydrogen-bond donors (Lipinski definition) is 4. The van der Waals surface area contributed by atoms with E-state index in [1.807, 2.05) is 0 Å². The molecular formula is C6H14N4O2S2. The fraction of sp³-hybridized carbons (Fsp3) is 0.667. The number of urea groups is 2.